The molecule has 0 spiro atoms. The standard InChI is InChI=1S/C23H20N4O3/c1-29-18-8-9-19(22(14-18)30-2)25-23(28)20-15-21(16-10-12-24-13-11-16)27(26-20)17-6-4-3-5-7-17/h3-15H,1-2H3,(H,25,28). The summed E-state index contributed by atoms with van der Waals surface area (Å²) in [5, 5.41) is 7.43. The van der Waals surface area contributed by atoms with Gasteiger partial charge < -0.3 is 14.8 Å². The minimum atomic E-state index is -0.344. The number of hydrogen-bond acceptors (Lipinski definition) is 5. The molecule has 30 heavy (non-hydrogen) atoms. The summed E-state index contributed by atoms with van der Waals surface area (Å²) in [5.41, 5.74) is 3.36. The third-order valence-corrected chi connectivity index (χ3v) is 4.58. The van der Waals surface area contributed by atoms with E-state index in [0.29, 0.717) is 17.2 Å². The molecular formula is C23H20N4O3. The normalized spacial score (nSPS) is 10.5. The molecule has 4 rings (SSSR count). The highest BCUT2D eigenvalue weighted by molar-refractivity contribution is 6.04. The Morgan fingerprint density at radius 3 is 2.40 bits per heavy atom. The number of rotatable bonds is 6. The number of para-hydroxylation sites is 1. The van der Waals surface area contributed by atoms with Crippen LogP contribution < -0.4 is 14.8 Å². The molecule has 2 aromatic carbocycles. The number of carbonyl (C=O) groups excluding carboxylic acids is 1. The van der Waals surface area contributed by atoms with Crippen LogP contribution in [0, 0.1) is 0 Å². The zero-order chi connectivity index (χ0) is 20.9. The molecule has 0 unspecified atom stereocenters. The van der Waals surface area contributed by atoms with Gasteiger partial charge in [0.1, 0.15) is 11.5 Å². The second-order valence-electron chi connectivity index (χ2n) is 6.42. The average molecular weight is 400 g/mol. The molecule has 7 heteroatoms. The van der Waals surface area contributed by atoms with Gasteiger partial charge in [0.25, 0.3) is 5.91 Å². The summed E-state index contributed by atoms with van der Waals surface area (Å²) in [6.45, 7) is 0. The third kappa shape index (κ3) is 3.86. The van der Waals surface area contributed by atoms with Crippen LogP contribution in [-0.4, -0.2) is 34.9 Å². The maximum atomic E-state index is 13.0. The van der Waals surface area contributed by atoms with Crippen LogP contribution in [-0.2, 0) is 0 Å². The molecule has 2 heterocycles. The highest BCUT2D eigenvalue weighted by Gasteiger charge is 2.18. The zero-order valence-electron chi connectivity index (χ0n) is 16.6. The van der Waals surface area contributed by atoms with E-state index in [9.17, 15) is 4.79 Å². The summed E-state index contributed by atoms with van der Waals surface area (Å²) in [4.78, 5) is 17.0. The molecule has 0 radical (unpaired) electrons. The maximum Gasteiger partial charge on any atom is 0.276 e. The number of anilines is 1. The van der Waals surface area contributed by atoms with Crippen LogP contribution in [0.4, 0.5) is 5.69 Å². The fraction of sp³-hybridized carbons (Fsp3) is 0.0870. The molecule has 2 aromatic heterocycles. The van der Waals surface area contributed by atoms with Crippen molar-refractivity contribution in [2.45, 2.75) is 0 Å². The van der Waals surface area contributed by atoms with Crippen molar-refractivity contribution in [3.63, 3.8) is 0 Å². The summed E-state index contributed by atoms with van der Waals surface area (Å²) < 4.78 is 12.3. The first kappa shape index (κ1) is 19.2. The number of nitrogens with zero attached hydrogens (tertiary/aromatic N) is 3. The van der Waals surface area contributed by atoms with Crippen LogP contribution in [0.2, 0.25) is 0 Å². The van der Waals surface area contributed by atoms with Gasteiger partial charge in [0.2, 0.25) is 0 Å². The Morgan fingerprint density at radius 2 is 1.70 bits per heavy atom. The fourth-order valence-corrected chi connectivity index (χ4v) is 3.07. The molecule has 1 N–H and O–H groups in total. The van der Waals surface area contributed by atoms with Crippen LogP contribution in [0.15, 0.2) is 79.1 Å². The van der Waals surface area contributed by atoms with E-state index < -0.39 is 0 Å². The van der Waals surface area contributed by atoms with E-state index in [-0.39, 0.29) is 11.6 Å². The fourth-order valence-electron chi connectivity index (χ4n) is 3.07. The van der Waals surface area contributed by atoms with Crippen LogP contribution in [0.1, 0.15) is 10.5 Å². The quantitative estimate of drug-likeness (QED) is 0.525. The van der Waals surface area contributed by atoms with Crippen LogP contribution in [0.25, 0.3) is 16.9 Å². The van der Waals surface area contributed by atoms with Gasteiger partial charge in [-0.1, -0.05) is 18.2 Å². The number of benzene rings is 2. The number of amides is 1. The molecule has 0 fully saturated rings. The SMILES string of the molecule is COc1ccc(NC(=O)c2cc(-c3ccncc3)n(-c3ccccc3)n2)c(OC)c1. The van der Waals surface area contributed by atoms with E-state index in [1.54, 1.807) is 48.5 Å². The number of hydrogen-bond donors (Lipinski definition) is 1. The summed E-state index contributed by atoms with van der Waals surface area (Å²) >= 11 is 0. The molecule has 7 nitrogen and oxygen atoms in total. The maximum absolute atomic E-state index is 13.0. The third-order valence-electron chi connectivity index (χ3n) is 4.58. The van der Waals surface area contributed by atoms with Gasteiger partial charge >= 0.3 is 0 Å². The van der Waals surface area contributed by atoms with Crippen molar-refractivity contribution in [2.24, 2.45) is 0 Å². The number of pyridine rings is 1. The molecule has 0 aliphatic heterocycles. The van der Waals surface area contributed by atoms with Crippen molar-refractivity contribution in [2.75, 3.05) is 19.5 Å². The average Bonchev–Trinajstić information content (AvgIpc) is 3.26. The van der Waals surface area contributed by atoms with Crippen molar-refractivity contribution in [1.29, 1.82) is 0 Å². The zero-order valence-corrected chi connectivity index (χ0v) is 16.6. The van der Waals surface area contributed by atoms with Crippen molar-refractivity contribution in [1.82, 2.24) is 14.8 Å². The van der Waals surface area contributed by atoms with Crippen molar-refractivity contribution in [3.05, 3.63) is 84.8 Å². The second kappa shape index (κ2) is 8.48. The Hall–Kier alpha value is -4.13. The number of carbonyl (C=O) groups is 1. The number of nitrogens with one attached hydrogen (secondary N) is 1. The summed E-state index contributed by atoms with van der Waals surface area (Å²) in [6, 6.07) is 20.4. The van der Waals surface area contributed by atoms with Gasteiger partial charge in [0, 0.05) is 24.0 Å². The first-order valence-corrected chi connectivity index (χ1v) is 9.29. The van der Waals surface area contributed by atoms with Gasteiger partial charge in [-0.3, -0.25) is 9.78 Å². The van der Waals surface area contributed by atoms with E-state index in [1.165, 1.54) is 7.11 Å². The van der Waals surface area contributed by atoms with Crippen molar-refractivity contribution < 1.29 is 14.3 Å². The Bertz CT molecular complexity index is 1100. The van der Waals surface area contributed by atoms with E-state index in [2.05, 4.69) is 15.4 Å². The molecule has 1 amide bonds. The summed E-state index contributed by atoms with van der Waals surface area (Å²) in [6.07, 6.45) is 3.42. The second-order valence-corrected chi connectivity index (χ2v) is 6.42. The lowest BCUT2D eigenvalue weighted by Crippen LogP contribution is -2.14. The lowest BCUT2D eigenvalue weighted by atomic mass is 10.1. The van der Waals surface area contributed by atoms with Gasteiger partial charge in [-0.2, -0.15) is 5.10 Å². The van der Waals surface area contributed by atoms with Gasteiger partial charge in [-0.25, -0.2) is 4.68 Å². The first-order chi connectivity index (χ1) is 14.7. The predicted octanol–water partition coefficient (Wildman–Crippen LogP) is 4.20. The number of methoxy groups -OCH3 is 2. The van der Waals surface area contributed by atoms with Gasteiger partial charge in [0.05, 0.1) is 31.3 Å². The van der Waals surface area contributed by atoms with Crippen LogP contribution in [0.5, 0.6) is 11.5 Å². The van der Waals surface area contributed by atoms with E-state index >= 15 is 0 Å². The van der Waals surface area contributed by atoms with Crippen molar-refractivity contribution >= 4 is 11.6 Å². The highest BCUT2D eigenvalue weighted by Crippen LogP contribution is 2.30. The molecule has 0 saturated heterocycles. The molecule has 0 aliphatic rings. The Balaban J connectivity index is 1.71. The molecule has 0 bridgehead atoms. The minimum Gasteiger partial charge on any atom is -0.497 e. The molecule has 150 valence electrons. The largest absolute Gasteiger partial charge is 0.497 e. The molecule has 4 aromatic rings. The topological polar surface area (TPSA) is 78.3 Å². The van der Waals surface area contributed by atoms with Crippen LogP contribution in [0.3, 0.4) is 0 Å². The summed E-state index contributed by atoms with van der Waals surface area (Å²) in [7, 11) is 3.11. The lowest BCUT2D eigenvalue weighted by molar-refractivity contribution is 0.102. The summed E-state index contributed by atoms with van der Waals surface area (Å²) in [5.74, 6) is 0.793. The van der Waals surface area contributed by atoms with Crippen molar-refractivity contribution in [3.8, 4) is 28.4 Å². The Kier molecular flexibility index (Phi) is 5.43. The molecule has 0 atom stereocenters. The van der Waals surface area contributed by atoms with E-state index in [0.717, 1.165) is 16.9 Å². The molecule has 0 saturated carbocycles. The minimum absolute atomic E-state index is 0.281. The monoisotopic (exact) mass is 400 g/mol. The Morgan fingerprint density at radius 1 is 0.933 bits per heavy atom. The van der Waals surface area contributed by atoms with Gasteiger partial charge in [-0.05, 0) is 42.5 Å². The van der Waals surface area contributed by atoms with Gasteiger partial charge in [0.15, 0.2) is 5.69 Å². The Labute approximate surface area is 173 Å². The smallest absolute Gasteiger partial charge is 0.276 e. The lowest BCUT2D eigenvalue weighted by Gasteiger charge is -2.10. The highest BCUT2D eigenvalue weighted by atomic mass is 16.5. The number of aromatic nitrogens is 3. The van der Waals surface area contributed by atoms with Gasteiger partial charge in [-0.15, -0.1) is 0 Å². The predicted molar refractivity (Wildman–Crippen MR) is 114 cm³/mol. The van der Waals surface area contributed by atoms with E-state index in [4.69, 9.17) is 9.47 Å². The van der Waals surface area contributed by atoms with E-state index in [1.807, 2.05) is 42.5 Å². The number of ether oxygens (including phenoxy) is 2. The van der Waals surface area contributed by atoms with Crippen LogP contribution >= 0.6 is 0 Å². The first-order valence-electron chi connectivity index (χ1n) is 9.29. The molecule has 0 aliphatic carbocycles. The molecular weight excluding hydrogens is 380 g/mol.